The summed E-state index contributed by atoms with van der Waals surface area (Å²) >= 11 is 0. The molecule has 0 saturated carbocycles. The third kappa shape index (κ3) is 5.75. The molecule has 1 aromatic heterocycles. The molecule has 0 aliphatic heterocycles. The zero-order valence-electron chi connectivity index (χ0n) is 14.1. The highest BCUT2D eigenvalue weighted by atomic mass is 16.1. The minimum atomic E-state index is 0.00782. The fourth-order valence-electron chi connectivity index (χ4n) is 2.15. The highest BCUT2D eigenvalue weighted by Crippen LogP contribution is 1.97. The molecule has 1 heterocycles. The largest absolute Gasteiger partial charge is 0.356 e. The molecule has 7 nitrogen and oxygen atoms in total. The van der Waals surface area contributed by atoms with Crippen molar-refractivity contribution >= 4 is 11.9 Å². The molecule has 0 saturated heterocycles. The fraction of sp³-hybridized carbons (Fsp3) is 0.353. The van der Waals surface area contributed by atoms with Gasteiger partial charge in [-0.2, -0.15) is 5.10 Å². The van der Waals surface area contributed by atoms with Crippen molar-refractivity contribution in [2.75, 3.05) is 13.6 Å². The van der Waals surface area contributed by atoms with E-state index < -0.39 is 0 Å². The van der Waals surface area contributed by atoms with Crippen molar-refractivity contribution in [2.45, 2.75) is 19.5 Å². The standard InChI is InChI=1S/C17H24N6O/c1-18-17(21-13-15-8-11-22-23(15)2)19-10-9-16(24)20-12-14-6-4-3-5-7-14/h3-8,11H,9-10,12-13H2,1-2H3,(H,20,24)(H2,18,19,21). The van der Waals surface area contributed by atoms with E-state index >= 15 is 0 Å². The van der Waals surface area contributed by atoms with Gasteiger partial charge in [-0.3, -0.25) is 14.5 Å². The van der Waals surface area contributed by atoms with E-state index in [1.54, 1.807) is 17.9 Å². The van der Waals surface area contributed by atoms with Crippen molar-refractivity contribution in [3.63, 3.8) is 0 Å². The number of aryl methyl sites for hydroxylation is 1. The summed E-state index contributed by atoms with van der Waals surface area (Å²) in [5.74, 6) is 0.667. The predicted molar refractivity (Wildman–Crippen MR) is 94.3 cm³/mol. The van der Waals surface area contributed by atoms with E-state index in [4.69, 9.17) is 0 Å². The molecule has 0 fully saturated rings. The topological polar surface area (TPSA) is 83.3 Å². The van der Waals surface area contributed by atoms with Crippen LogP contribution in [0.5, 0.6) is 0 Å². The van der Waals surface area contributed by atoms with Crippen LogP contribution in [0.1, 0.15) is 17.7 Å². The number of nitrogens with one attached hydrogen (secondary N) is 3. The Morgan fingerprint density at radius 1 is 1.12 bits per heavy atom. The summed E-state index contributed by atoms with van der Waals surface area (Å²) in [6, 6.07) is 11.8. The first-order valence-corrected chi connectivity index (χ1v) is 7.91. The van der Waals surface area contributed by atoms with Crippen LogP contribution in [0.4, 0.5) is 0 Å². The minimum absolute atomic E-state index is 0.00782. The number of hydrogen-bond acceptors (Lipinski definition) is 3. The van der Waals surface area contributed by atoms with Crippen molar-refractivity contribution in [1.29, 1.82) is 0 Å². The Morgan fingerprint density at radius 3 is 2.58 bits per heavy atom. The second-order valence-corrected chi connectivity index (χ2v) is 5.31. The zero-order valence-corrected chi connectivity index (χ0v) is 14.1. The van der Waals surface area contributed by atoms with Crippen LogP contribution in [0.25, 0.3) is 0 Å². The van der Waals surface area contributed by atoms with Gasteiger partial charge in [0, 0.05) is 39.8 Å². The molecule has 3 N–H and O–H groups in total. The van der Waals surface area contributed by atoms with Gasteiger partial charge >= 0.3 is 0 Å². The summed E-state index contributed by atoms with van der Waals surface area (Å²) in [5, 5.41) is 13.3. The number of hydrogen-bond donors (Lipinski definition) is 3. The molecule has 0 aliphatic carbocycles. The van der Waals surface area contributed by atoms with Crippen molar-refractivity contribution in [3.8, 4) is 0 Å². The Balaban J connectivity index is 1.64. The lowest BCUT2D eigenvalue weighted by molar-refractivity contribution is -0.121. The fourth-order valence-corrected chi connectivity index (χ4v) is 2.15. The summed E-state index contributed by atoms with van der Waals surface area (Å²) in [5.41, 5.74) is 2.14. The van der Waals surface area contributed by atoms with Crippen LogP contribution in [0.2, 0.25) is 0 Å². The molecule has 0 bridgehead atoms. The number of carbonyl (C=O) groups is 1. The Kier molecular flexibility index (Phi) is 6.82. The third-order valence-electron chi connectivity index (χ3n) is 3.56. The molecule has 1 aromatic carbocycles. The Labute approximate surface area is 142 Å². The van der Waals surface area contributed by atoms with Gasteiger partial charge in [0.2, 0.25) is 5.91 Å². The molecule has 128 valence electrons. The lowest BCUT2D eigenvalue weighted by Gasteiger charge is -2.12. The smallest absolute Gasteiger partial charge is 0.222 e. The maximum atomic E-state index is 11.9. The second-order valence-electron chi connectivity index (χ2n) is 5.31. The number of carbonyl (C=O) groups excluding carboxylic acids is 1. The van der Waals surface area contributed by atoms with Crippen LogP contribution in [0.15, 0.2) is 47.6 Å². The molecule has 2 aromatic rings. The lowest BCUT2D eigenvalue weighted by atomic mass is 10.2. The summed E-state index contributed by atoms with van der Waals surface area (Å²) < 4.78 is 1.80. The Morgan fingerprint density at radius 2 is 1.92 bits per heavy atom. The van der Waals surface area contributed by atoms with Gasteiger partial charge in [0.15, 0.2) is 5.96 Å². The molecule has 0 spiro atoms. The van der Waals surface area contributed by atoms with E-state index in [9.17, 15) is 4.79 Å². The first-order chi connectivity index (χ1) is 11.7. The van der Waals surface area contributed by atoms with E-state index in [0.29, 0.717) is 32.0 Å². The molecule has 1 amide bonds. The van der Waals surface area contributed by atoms with Crippen LogP contribution < -0.4 is 16.0 Å². The SMILES string of the molecule is CN=C(NCCC(=O)NCc1ccccc1)NCc1ccnn1C. The molecular weight excluding hydrogens is 304 g/mol. The molecule has 0 radical (unpaired) electrons. The molecule has 24 heavy (non-hydrogen) atoms. The van der Waals surface area contributed by atoms with Gasteiger partial charge in [0.25, 0.3) is 0 Å². The van der Waals surface area contributed by atoms with Crippen molar-refractivity contribution < 1.29 is 4.79 Å². The van der Waals surface area contributed by atoms with Gasteiger partial charge in [-0.25, -0.2) is 0 Å². The van der Waals surface area contributed by atoms with E-state index in [1.165, 1.54) is 0 Å². The average molecular weight is 328 g/mol. The third-order valence-corrected chi connectivity index (χ3v) is 3.56. The van der Waals surface area contributed by atoms with Crippen LogP contribution in [0, 0.1) is 0 Å². The normalized spacial score (nSPS) is 11.2. The van der Waals surface area contributed by atoms with Crippen LogP contribution in [0.3, 0.4) is 0 Å². The minimum Gasteiger partial charge on any atom is -0.356 e. The van der Waals surface area contributed by atoms with Gasteiger partial charge in [-0.1, -0.05) is 30.3 Å². The highest BCUT2D eigenvalue weighted by Gasteiger charge is 2.04. The summed E-state index contributed by atoms with van der Waals surface area (Å²) in [4.78, 5) is 16.0. The Bertz CT molecular complexity index is 665. The monoisotopic (exact) mass is 328 g/mol. The molecule has 7 heteroatoms. The molecule has 0 atom stereocenters. The molecule has 0 unspecified atom stereocenters. The molecule has 0 aliphatic rings. The number of aromatic nitrogens is 2. The second kappa shape index (κ2) is 9.34. The zero-order chi connectivity index (χ0) is 17.2. The van der Waals surface area contributed by atoms with Crippen LogP contribution in [-0.2, 0) is 24.9 Å². The van der Waals surface area contributed by atoms with Gasteiger partial charge in [-0.15, -0.1) is 0 Å². The summed E-state index contributed by atoms with van der Waals surface area (Å²) in [7, 11) is 3.60. The Hall–Kier alpha value is -2.83. The molecular formula is C17H24N6O. The van der Waals surface area contributed by atoms with Gasteiger partial charge in [0.1, 0.15) is 0 Å². The number of amides is 1. The number of aliphatic imine (C=N–C) groups is 1. The predicted octanol–water partition coefficient (Wildman–Crippen LogP) is 0.792. The highest BCUT2D eigenvalue weighted by molar-refractivity contribution is 5.81. The van der Waals surface area contributed by atoms with Gasteiger partial charge in [-0.05, 0) is 11.6 Å². The van der Waals surface area contributed by atoms with E-state index in [2.05, 4.69) is 26.0 Å². The lowest BCUT2D eigenvalue weighted by Crippen LogP contribution is -2.39. The summed E-state index contributed by atoms with van der Waals surface area (Å²) in [6.45, 7) is 1.69. The van der Waals surface area contributed by atoms with Gasteiger partial charge < -0.3 is 16.0 Å². The number of rotatable bonds is 7. The van der Waals surface area contributed by atoms with Gasteiger partial charge in [0.05, 0.1) is 12.2 Å². The quantitative estimate of drug-likeness (QED) is 0.518. The number of benzene rings is 1. The maximum Gasteiger partial charge on any atom is 0.222 e. The first-order valence-electron chi connectivity index (χ1n) is 7.91. The van der Waals surface area contributed by atoms with Crippen LogP contribution >= 0.6 is 0 Å². The van der Waals surface area contributed by atoms with Crippen molar-refractivity contribution in [3.05, 3.63) is 53.9 Å². The maximum absolute atomic E-state index is 11.9. The average Bonchev–Trinajstić information content (AvgIpc) is 3.02. The summed E-state index contributed by atoms with van der Waals surface area (Å²) in [6.07, 6.45) is 2.14. The van der Waals surface area contributed by atoms with Crippen molar-refractivity contribution in [1.82, 2.24) is 25.7 Å². The van der Waals surface area contributed by atoms with E-state index in [1.807, 2.05) is 43.4 Å². The number of nitrogens with zero attached hydrogens (tertiary/aromatic N) is 3. The van der Waals surface area contributed by atoms with Crippen molar-refractivity contribution in [2.24, 2.45) is 12.0 Å². The van der Waals surface area contributed by atoms with E-state index in [-0.39, 0.29) is 5.91 Å². The van der Waals surface area contributed by atoms with E-state index in [0.717, 1.165) is 11.3 Å². The number of guanidine groups is 1. The first kappa shape index (κ1) is 17.5. The molecule has 2 rings (SSSR count). The van der Waals surface area contributed by atoms with Crippen LogP contribution in [-0.4, -0.2) is 35.2 Å².